The minimum Gasteiger partial charge on any atom is -0.317 e. The first-order valence-electron chi connectivity index (χ1n) is 6.16. The van der Waals surface area contributed by atoms with E-state index in [9.17, 15) is 4.79 Å². The zero-order chi connectivity index (χ0) is 13.4. The van der Waals surface area contributed by atoms with E-state index in [-0.39, 0.29) is 5.91 Å². The second kappa shape index (κ2) is 7.76. The normalized spacial score (nSPS) is 9.89. The number of hydrogen-bond donors (Lipinski definition) is 2. The van der Waals surface area contributed by atoms with Gasteiger partial charge in [-0.3, -0.25) is 4.79 Å². The Morgan fingerprint density at radius 3 is 2.83 bits per heavy atom. The van der Waals surface area contributed by atoms with E-state index in [1.807, 2.05) is 25.1 Å². The van der Waals surface area contributed by atoms with Crippen LogP contribution in [-0.2, 0) is 4.79 Å². The van der Waals surface area contributed by atoms with E-state index in [1.54, 1.807) is 0 Å². The Kier molecular flexibility index (Phi) is 6.28. The monoisotopic (exact) mass is 265 g/mol. The van der Waals surface area contributed by atoms with Crippen LogP contribution in [0.4, 0.5) is 5.82 Å². The van der Waals surface area contributed by atoms with Gasteiger partial charge in [0.1, 0.15) is 5.82 Å². The summed E-state index contributed by atoms with van der Waals surface area (Å²) in [4.78, 5) is 15.8. The lowest BCUT2D eigenvalue weighted by atomic mass is 10.2. The summed E-state index contributed by atoms with van der Waals surface area (Å²) in [5.41, 5.74) is 0.900. The lowest BCUT2D eigenvalue weighted by Gasteiger charge is -2.09. The van der Waals surface area contributed by atoms with Crippen molar-refractivity contribution in [2.75, 3.05) is 5.32 Å². The van der Waals surface area contributed by atoms with Crippen molar-refractivity contribution in [3.8, 4) is 0 Å². The van der Waals surface area contributed by atoms with E-state index in [4.69, 9.17) is 12.2 Å². The zero-order valence-electron chi connectivity index (χ0n) is 10.8. The Labute approximate surface area is 113 Å². The van der Waals surface area contributed by atoms with Crippen LogP contribution in [0.2, 0.25) is 0 Å². The molecule has 0 aromatic carbocycles. The van der Waals surface area contributed by atoms with Crippen LogP contribution in [0.1, 0.15) is 38.3 Å². The summed E-state index contributed by atoms with van der Waals surface area (Å²) in [5, 5.41) is 5.84. The summed E-state index contributed by atoms with van der Waals surface area (Å²) in [5.74, 6) is 0.600. The molecule has 0 spiro atoms. The molecule has 0 saturated carbocycles. The Morgan fingerprint density at radius 1 is 1.39 bits per heavy atom. The summed E-state index contributed by atoms with van der Waals surface area (Å²) in [7, 11) is 0. The third kappa shape index (κ3) is 5.72. The van der Waals surface area contributed by atoms with Crippen LogP contribution < -0.4 is 10.6 Å². The standard InChI is InChI=1S/C13H19N3OS/c1-3-4-5-9-12(17)16-13(18)15-11-8-6-7-10(2)14-11/h6-8H,3-5,9H2,1-2H3,(H2,14,15,16,17,18). The highest BCUT2D eigenvalue weighted by Crippen LogP contribution is 2.03. The van der Waals surface area contributed by atoms with Crippen LogP contribution in [0.15, 0.2) is 18.2 Å². The molecule has 5 heteroatoms. The number of anilines is 1. The van der Waals surface area contributed by atoms with E-state index in [2.05, 4.69) is 22.5 Å². The van der Waals surface area contributed by atoms with Crippen molar-refractivity contribution in [3.05, 3.63) is 23.9 Å². The SMILES string of the molecule is CCCCCC(=O)NC(=S)Nc1cccc(C)n1. The van der Waals surface area contributed by atoms with Gasteiger partial charge in [0.2, 0.25) is 5.91 Å². The van der Waals surface area contributed by atoms with Crippen molar-refractivity contribution in [2.24, 2.45) is 0 Å². The molecule has 1 rings (SSSR count). The van der Waals surface area contributed by atoms with Gasteiger partial charge in [-0.1, -0.05) is 25.8 Å². The van der Waals surface area contributed by atoms with Gasteiger partial charge in [-0.05, 0) is 37.7 Å². The fourth-order valence-corrected chi connectivity index (χ4v) is 1.70. The van der Waals surface area contributed by atoms with Crippen LogP contribution in [-0.4, -0.2) is 16.0 Å². The van der Waals surface area contributed by atoms with Crippen molar-refractivity contribution in [3.63, 3.8) is 0 Å². The highest BCUT2D eigenvalue weighted by Gasteiger charge is 2.04. The summed E-state index contributed by atoms with van der Waals surface area (Å²) in [6.45, 7) is 4.01. The smallest absolute Gasteiger partial charge is 0.226 e. The fraction of sp³-hybridized carbons (Fsp3) is 0.462. The lowest BCUT2D eigenvalue weighted by molar-refractivity contribution is -0.119. The van der Waals surface area contributed by atoms with E-state index >= 15 is 0 Å². The highest BCUT2D eigenvalue weighted by atomic mass is 32.1. The van der Waals surface area contributed by atoms with Gasteiger partial charge < -0.3 is 10.6 Å². The predicted octanol–water partition coefficient (Wildman–Crippen LogP) is 2.78. The van der Waals surface area contributed by atoms with Crippen molar-refractivity contribution in [2.45, 2.75) is 39.5 Å². The molecule has 0 saturated heterocycles. The molecule has 0 aliphatic rings. The summed E-state index contributed by atoms with van der Waals surface area (Å²) in [6.07, 6.45) is 3.57. The zero-order valence-corrected chi connectivity index (χ0v) is 11.6. The van der Waals surface area contributed by atoms with Gasteiger partial charge in [0.15, 0.2) is 5.11 Å². The van der Waals surface area contributed by atoms with Crippen LogP contribution in [0, 0.1) is 6.92 Å². The van der Waals surface area contributed by atoms with E-state index in [1.165, 1.54) is 0 Å². The van der Waals surface area contributed by atoms with E-state index in [0.29, 0.717) is 17.4 Å². The molecule has 0 aliphatic heterocycles. The predicted molar refractivity (Wildman–Crippen MR) is 77.5 cm³/mol. The first kappa shape index (κ1) is 14.6. The molecule has 0 atom stereocenters. The summed E-state index contributed by atoms with van der Waals surface area (Å²) in [6, 6.07) is 5.59. The maximum atomic E-state index is 11.5. The number of carbonyl (C=O) groups excluding carboxylic acids is 1. The first-order valence-corrected chi connectivity index (χ1v) is 6.57. The topological polar surface area (TPSA) is 54.0 Å². The van der Waals surface area contributed by atoms with Crippen LogP contribution in [0.25, 0.3) is 0 Å². The molecule has 0 radical (unpaired) electrons. The summed E-state index contributed by atoms with van der Waals surface area (Å²) < 4.78 is 0. The maximum absolute atomic E-state index is 11.5. The number of pyridine rings is 1. The van der Waals surface area contributed by atoms with Crippen LogP contribution in [0.5, 0.6) is 0 Å². The second-order valence-electron chi connectivity index (χ2n) is 4.12. The van der Waals surface area contributed by atoms with E-state index in [0.717, 1.165) is 25.0 Å². The number of aromatic nitrogens is 1. The minimum absolute atomic E-state index is 0.0476. The molecule has 0 fully saturated rings. The molecule has 98 valence electrons. The van der Waals surface area contributed by atoms with Gasteiger partial charge in [0, 0.05) is 12.1 Å². The third-order valence-corrected chi connectivity index (χ3v) is 2.59. The molecular formula is C13H19N3OS. The van der Waals surface area contributed by atoms with Gasteiger partial charge in [-0.2, -0.15) is 0 Å². The number of aryl methyl sites for hydroxylation is 1. The molecule has 2 N–H and O–H groups in total. The molecule has 18 heavy (non-hydrogen) atoms. The van der Waals surface area contributed by atoms with Crippen molar-refractivity contribution in [1.29, 1.82) is 0 Å². The first-order chi connectivity index (χ1) is 8.61. The molecular weight excluding hydrogens is 246 g/mol. The highest BCUT2D eigenvalue weighted by molar-refractivity contribution is 7.80. The lowest BCUT2D eigenvalue weighted by Crippen LogP contribution is -2.34. The van der Waals surface area contributed by atoms with Gasteiger partial charge in [-0.15, -0.1) is 0 Å². The van der Waals surface area contributed by atoms with Crippen LogP contribution >= 0.6 is 12.2 Å². The number of nitrogens with zero attached hydrogens (tertiary/aromatic N) is 1. The average Bonchev–Trinajstić information content (AvgIpc) is 2.29. The molecule has 1 heterocycles. The molecule has 0 aliphatic carbocycles. The van der Waals surface area contributed by atoms with E-state index < -0.39 is 0 Å². The number of unbranched alkanes of at least 4 members (excludes halogenated alkanes) is 2. The average molecular weight is 265 g/mol. The fourth-order valence-electron chi connectivity index (χ4n) is 1.48. The molecule has 1 amide bonds. The Morgan fingerprint density at radius 2 is 2.17 bits per heavy atom. The van der Waals surface area contributed by atoms with Crippen molar-refractivity contribution < 1.29 is 4.79 Å². The molecule has 0 unspecified atom stereocenters. The molecule has 0 bridgehead atoms. The number of carbonyl (C=O) groups is 1. The van der Waals surface area contributed by atoms with Crippen LogP contribution in [0.3, 0.4) is 0 Å². The quantitative estimate of drug-likeness (QED) is 0.635. The van der Waals surface area contributed by atoms with Gasteiger partial charge in [0.05, 0.1) is 0 Å². The molecule has 4 nitrogen and oxygen atoms in total. The summed E-state index contributed by atoms with van der Waals surface area (Å²) >= 11 is 5.05. The number of thiocarbonyl (C=S) groups is 1. The maximum Gasteiger partial charge on any atom is 0.226 e. The molecule has 1 aromatic rings. The van der Waals surface area contributed by atoms with Gasteiger partial charge >= 0.3 is 0 Å². The number of amides is 1. The Balaban J connectivity index is 2.35. The second-order valence-corrected chi connectivity index (χ2v) is 4.53. The van der Waals surface area contributed by atoms with Crippen molar-refractivity contribution in [1.82, 2.24) is 10.3 Å². The minimum atomic E-state index is -0.0476. The number of hydrogen-bond acceptors (Lipinski definition) is 3. The van der Waals surface area contributed by atoms with Gasteiger partial charge in [-0.25, -0.2) is 4.98 Å². The van der Waals surface area contributed by atoms with Gasteiger partial charge in [0.25, 0.3) is 0 Å². The number of nitrogens with one attached hydrogen (secondary N) is 2. The largest absolute Gasteiger partial charge is 0.317 e. The Bertz CT molecular complexity index is 420. The van der Waals surface area contributed by atoms with Crippen molar-refractivity contribution >= 4 is 29.1 Å². The third-order valence-electron chi connectivity index (χ3n) is 2.39. The number of rotatable bonds is 5. The Hall–Kier alpha value is -1.49. The molecule has 1 aromatic heterocycles.